The van der Waals surface area contributed by atoms with E-state index in [0.29, 0.717) is 6.04 Å². The molecule has 3 heteroatoms. The van der Waals surface area contributed by atoms with Gasteiger partial charge in [-0.15, -0.1) is 0 Å². The molecule has 88 valence electrons. The molecule has 1 saturated carbocycles. The van der Waals surface area contributed by atoms with Gasteiger partial charge in [0.25, 0.3) is 0 Å². The van der Waals surface area contributed by atoms with Crippen molar-refractivity contribution >= 4 is 11.5 Å². The van der Waals surface area contributed by atoms with Gasteiger partial charge in [0.2, 0.25) is 0 Å². The minimum absolute atomic E-state index is 0.560. The largest absolute Gasteiger partial charge is 0.382 e. The first-order valence-electron chi connectivity index (χ1n) is 6.24. The first-order chi connectivity index (χ1) is 7.78. The predicted octanol–water partition coefficient (Wildman–Crippen LogP) is 3.11. The lowest BCUT2D eigenvalue weighted by Crippen LogP contribution is -2.15. The van der Waals surface area contributed by atoms with Crippen LogP contribution in [0.1, 0.15) is 33.1 Å². The first-order valence-corrected chi connectivity index (χ1v) is 6.24. The van der Waals surface area contributed by atoms with Gasteiger partial charge in [-0.2, -0.15) is 0 Å². The van der Waals surface area contributed by atoms with Crippen molar-refractivity contribution in [1.29, 1.82) is 0 Å². The summed E-state index contributed by atoms with van der Waals surface area (Å²) in [5.41, 5.74) is 1.17. The van der Waals surface area contributed by atoms with E-state index in [1.165, 1.54) is 24.9 Å². The van der Waals surface area contributed by atoms with Crippen molar-refractivity contribution in [3.05, 3.63) is 18.3 Å². The highest BCUT2D eigenvalue weighted by Gasteiger charge is 2.23. The van der Waals surface area contributed by atoms with Crippen LogP contribution in [0.4, 0.5) is 11.5 Å². The highest BCUT2D eigenvalue weighted by atomic mass is 15.0. The Morgan fingerprint density at radius 2 is 2.31 bits per heavy atom. The number of aromatic nitrogens is 1. The molecule has 3 nitrogen and oxygen atoms in total. The second kappa shape index (κ2) is 5.19. The smallest absolute Gasteiger partial charge is 0.127 e. The van der Waals surface area contributed by atoms with Crippen LogP contribution in [-0.4, -0.2) is 17.6 Å². The third kappa shape index (κ3) is 3.40. The van der Waals surface area contributed by atoms with Gasteiger partial charge in [0, 0.05) is 30.5 Å². The molecule has 0 aromatic carbocycles. The van der Waals surface area contributed by atoms with E-state index in [0.717, 1.165) is 18.3 Å². The van der Waals surface area contributed by atoms with Crippen molar-refractivity contribution in [1.82, 2.24) is 4.98 Å². The van der Waals surface area contributed by atoms with E-state index >= 15 is 0 Å². The van der Waals surface area contributed by atoms with Crippen LogP contribution in [0.25, 0.3) is 0 Å². The minimum atomic E-state index is 0.560. The Morgan fingerprint density at radius 1 is 1.50 bits per heavy atom. The van der Waals surface area contributed by atoms with Gasteiger partial charge in [0.1, 0.15) is 5.82 Å². The number of anilines is 2. The van der Waals surface area contributed by atoms with E-state index in [1.54, 1.807) is 0 Å². The highest BCUT2D eigenvalue weighted by Crippen LogP contribution is 2.34. The topological polar surface area (TPSA) is 37.0 Å². The van der Waals surface area contributed by atoms with Crippen molar-refractivity contribution in [2.75, 3.05) is 17.2 Å². The third-order valence-electron chi connectivity index (χ3n) is 2.91. The summed E-state index contributed by atoms with van der Waals surface area (Å²) in [6.45, 7) is 5.25. The van der Waals surface area contributed by atoms with Gasteiger partial charge < -0.3 is 10.6 Å². The zero-order valence-corrected chi connectivity index (χ0v) is 10.2. The Bertz CT molecular complexity index is 334. The molecule has 0 saturated heterocycles. The highest BCUT2D eigenvalue weighted by molar-refractivity contribution is 5.52. The normalized spacial score (nSPS) is 16.9. The molecule has 1 heterocycles. The summed E-state index contributed by atoms with van der Waals surface area (Å²) in [5.74, 6) is 1.92. The average Bonchev–Trinajstić information content (AvgIpc) is 3.02. The van der Waals surface area contributed by atoms with Gasteiger partial charge in [0.15, 0.2) is 0 Å². The van der Waals surface area contributed by atoms with Crippen LogP contribution in [0, 0.1) is 5.92 Å². The molecule has 16 heavy (non-hydrogen) atoms. The molecule has 0 aliphatic heterocycles. The maximum atomic E-state index is 4.26. The molecular weight excluding hydrogens is 198 g/mol. The van der Waals surface area contributed by atoms with Gasteiger partial charge in [-0.25, -0.2) is 4.98 Å². The summed E-state index contributed by atoms with van der Waals surface area (Å²) in [5, 5.41) is 6.76. The van der Waals surface area contributed by atoms with Crippen LogP contribution in [-0.2, 0) is 0 Å². The molecule has 0 radical (unpaired) electrons. The molecule has 0 spiro atoms. The zero-order valence-electron chi connectivity index (χ0n) is 10.2. The van der Waals surface area contributed by atoms with Gasteiger partial charge in [0.05, 0.1) is 0 Å². The Balaban J connectivity index is 1.88. The molecule has 1 aromatic rings. The van der Waals surface area contributed by atoms with Crippen molar-refractivity contribution in [2.45, 2.75) is 39.2 Å². The quantitative estimate of drug-likeness (QED) is 0.772. The fraction of sp³-hybridized carbons (Fsp3) is 0.615. The van der Waals surface area contributed by atoms with Gasteiger partial charge in [-0.1, -0.05) is 12.8 Å². The van der Waals surface area contributed by atoms with Crippen LogP contribution < -0.4 is 10.6 Å². The molecule has 1 unspecified atom stereocenters. The third-order valence-corrected chi connectivity index (χ3v) is 2.91. The molecule has 2 N–H and O–H groups in total. The number of rotatable bonds is 6. The molecule has 0 amide bonds. The maximum Gasteiger partial charge on any atom is 0.127 e. The number of nitrogens with zero attached hydrogens (tertiary/aromatic N) is 1. The number of pyridine rings is 1. The summed E-state index contributed by atoms with van der Waals surface area (Å²) in [6.07, 6.45) is 5.99. The molecule has 1 aromatic heterocycles. The predicted molar refractivity (Wildman–Crippen MR) is 68.8 cm³/mol. The molecule has 1 fully saturated rings. The zero-order chi connectivity index (χ0) is 11.4. The van der Waals surface area contributed by atoms with Crippen LogP contribution in [0.3, 0.4) is 0 Å². The van der Waals surface area contributed by atoms with E-state index in [4.69, 9.17) is 0 Å². The molecule has 0 bridgehead atoms. The van der Waals surface area contributed by atoms with E-state index in [9.17, 15) is 0 Å². The van der Waals surface area contributed by atoms with Gasteiger partial charge >= 0.3 is 0 Å². The Kier molecular flexibility index (Phi) is 3.65. The lowest BCUT2D eigenvalue weighted by Gasteiger charge is -2.15. The first kappa shape index (κ1) is 11.2. The Labute approximate surface area is 97.7 Å². The monoisotopic (exact) mass is 219 g/mol. The second-order valence-corrected chi connectivity index (χ2v) is 4.68. The van der Waals surface area contributed by atoms with Crippen LogP contribution in [0.5, 0.6) is 0 Å². The summed E-state index contributed by atoms with van der Waals surface area (Å²) in [4.78, 5) is 4.26. The van der Waals surface area contributed by atoms with Gasteiger partial charge in [-0.3, -0.25) is 0 Å². The van der Waals surface area contributed by atoms with Gasteiger partial charge in [-0.05, 0) is 32.3 Å². The number of hydrogen-bond donors (Lipinski definition) is 2. The van der Waals surface area contributed by atoms with E-state index in [2.05, 4.69) is 35.5 Å². The summed E-state index contributed by atoms with van der Waals surface area (Å²) in [7, 11) is 0. The summed E-state index contributed by atoms with van der Waals surface area (Å²) < 4.78 is 0. The van der Waals surface area contributed by atoms with Crippen LogP contribution >= 0.6 is 0 Å². The molecule has 1 aliphatic rings. The second-order valence-electron chi connectivity index (χ2n) is 4.68. The molecular formula is C13H21N3. The van der Waals surface area contributed by atoms with E-state index in [1.807, 2.05) is 12.3 Å². The number of nitrogens with one attached hydrogen (secondary N) is 2. The van der Waals surface area contributed by atoms with Crippen molar-refractivity contribution in [3.8, 4) is 0 Å². The number of hydrogen-bond acceptors (Lipinski definition) is 3. The minimum Gasteiger partial charge on any atom is -0.382 e. The average molecular weight is 219 g/mol. The Hall–Kier alpha value is -1.25. The lowest BCUT2D eigenvalue weighted by atomic mass is 10.1. The molecule has 1 atom stereocenters. The lowest BCUT2D eigenvalue weighted by molar-refractivity contribution is 0.642. The van der Waals surface area contributed by atoms with Crippen LogP contribution in [0.2, 0.25) is 0 Å². The molecule has 2 rings (SSSR count). The van der Waals surface area contributed by atoms with Crippen molar-refractivity contribution < 1.29 is 0 Å². The summed E-state index contributed by atoms with van der Waals surface area (Å²) >= 11 is 0. The SMILES string of the molecule is CCNc1cc(NC(C)CC2CC2)ccn1. The van der Waals surface area contributed by atoms with Crippen LogP contribution in [0.15, 0.2) is 18.3 Å². The molecule has 1 aliphatic carbocycles. The van der Waals surface area contributed by atoms with E-state index < -0.39 is 0 Å². The maximum absolute atomic E-state index is 4.26. The fourth-order valence-corrected chi connectivity index (χ4v) is 2.00. The van der Waals surface area contributed by atoms with Crippen molar-refractivity contribution in [3.63, 3.8) is 0 Å². The van der Waals surface area contributed by atoms with E-state index in [-0.39, 0.29) is 0 Å². The Morgan fingerprint density at radius 3 is 3.00 bits per heavy atom. The summed E-state index contributed by atoms with van der Waals surface area (Å²) in [6, 6.07) is 4.67. The standard InChI is InChI=1S/C13H21N3/c1-3-14-13-9-12(6-7-15-13)16-10(2)8-11-4-5-11/h6-7,9-11H,3-5,8H2,1-2H3,(H2,14,15,16). The van der Waals surface area contributed by atoms with Crippen molar-refractivity contribution in [2.24, 2.45) is 5.92 Å². The fourth-order valence-electron chi connectivity index (χ4n) is 2.00.